The van der Waals surface area contributed by atoms with E-state index in [4.69, 9.17) is 5.73 Å². The third-order valence-corrected chi connectivity index (χ3v) is 4.16. The summed E-state index contributed by atoms with van der Waals surface area (Å²) < 4.78 is 13.8. The van der Waals surface area contributed by atoms with Crippen LogP contribution in [0.25, 0.3) is 0 Å². The second kappa shape index (κ2) is 6.80. The molecule has 1 heterocycles. The van der Waals surface area contributed by atoms with Gasteiger partial charge in [-0.25, -0.2) is 9.18 Å². The Labute approximate surface area is 145 Å². The number of rotatable bonds is 2. The maximum absolute atomic E-state index is 13.8. The zero-order valence-electron chi connectivity index (χ0n) is 13.8. The lowest BCUT2D eigenvalue weighted by atomic mass is 10.1. The molecule has 3 rings (SSSR count). The molecule has 0 radical (unpaired) electrons. The van der Waals surface area contributed by atoms with Gasteiger partial charge in [-0.1, -0.05) is 0 Å². The molecule has 6 nitrogen and oxygen atoms in total. The lowest BCUT2D eigenvalue weighted by Gasteiger charge is -2.24. The number of primary amides is 1. The fraction of sp³-hybridized carbons (Fsp3) is 0.222. The smallest absolute Gasteiger partial charge is 0.316 e. The van der Waals surface area contributed by atoms with Crippen LogP contribution in [0.5, 0.6) is 0 Å². The van der Waals surface area contributed by atoms with E-state index in [-0.39, 0.29) is 11.7 Å². The van der Waals surface area contributed by atoms with Crippen molar-refractivity contribution in [3.05, 3.63) is 53.8 Å². The van der Waals surface area contributed by atoms with Crippen LogP contribution in [0.1, 0.15) is 16.8 Å². The van der Waals surface area contributed by atoms with Gasteiger partial charge >= 0.3 is 6.03 Å². The maximum Gasteiger partial charge on any atom is 0.316 e. The van der Waals surface area contributed by atoms with Gasteiger partial charge in [-0.15, -0.1) is 0 Å². The quantitative estimate of drug-likeness (QED) is 0.881. The van der Waals surface area contributed by atoms with E-state index in [2.05, 4.69) is 5.32 Å². The van der Waals surface area contributed by atoms with Gasteiger partial charge in [0.1, 0.15) is 5.82 Å². The highest BCUT2D eigenvalue weighted by atomic mass is 19.1. The van der Waals surface area contributed by atoms with Gasteiger partial charge in [0, 0.05) is 31.4 Å². The molecule has 3 N–H and O–H groups in total. The van der Waals surface area contributed by atoms with Crippen molar-refractivity contribution in [2.45, 2.75) is 6.42 Å². The van der Waals surface area contributed by atoms with Crippen molar-refractivity contribution < 1.29 is 14.0 Å². The standard InChI is InChI=1S/C18H19FN4O2/c1-22-9-2-10-23(16-11-13(19)5-8-15(16)22)17(24)12-3-6-14(7-4-12)21-18(20)25/h3-8,11H,2,9-10H2,1H3,(H3,20,21,25). The van der Waals surface area contributed by atoms with Gasteiger partial charge in [-0.05, 0) is 48.9 Å². The summed E-state index contributed by atoms with van der Waals surface area (Å²) in [5, 5.41) is 2.45. The summed E-state index contributed by atoms with van der Waals surface area (Å²) in [6.07, 6.45) is 0.778. The number of nitrogens with two attached hydrogens (primary N) is 1. The van der Waals surface area contributed by atoms with Gasteiger partial charge in [0.05, 0.1) is 11.4 Å². The number of carbonyl (C=O) groups is 2. The number of nitrogens with one attached hydrogen (secondary N) is 1. The van der Waals surface area contributed by atoms with Crippen LogP contribution in [0.4, 0.5) is 26.2 Å². The molecular weight excluding hydrogens is 323 g/mol. The first kappa shape index (κ1) is 16.8. The normalized spacial score (nSPS) is 13.8. The molecule has 0 aromatic heterocycles. The number of nitrogens with zero attached hydrogens (tertiary/aromatic N) is 2. The largest absolute Gasteiger partial charge is 0.373 e. The molecule has 0 aliphatic carbocycles. The van der Waals surface area contributed by atoms with Gasteiger partial charge < -0.3 is 20.9 Å². The van der Waals surface area contributed by atoms with Crippen molar-refractivity contribution in [1.82, 2.24) is 0 Å². The number of halogens is 1. The predicted octanol–water partition coefficient (Wildman–Crippen LogP) is 2.80. The van der Waals surface area contributed by atoms with Crippen LogP contribution in [0.3, 0.4) is 0 Å². The van der Waals surface area contributed by atoms with Crippen LogP contribution >= 0.6 is 0 Å². The topological polar surface area (TPSA) is 78.7 Å². The number of benzene rings is 2. The summed E-state index contributed by atoms with van der Waals surface area (Å²) in [5.41, 5.74) is 7.41. The number of amides is 3. The van der Waals surface area contributed by atoms with Crippen molar-refractivity contribution in [3.63, 3.8) is 0 Å². The van der Waals surface area contributed by atoms with E-state index in [1.807, 2.05) is 11.9 Å². The van der Waals surface area contributed by atoms with E-state index in [1.54, 1.807) is 35.2 Å². The molecule has 0 spiro atoms. The Hall–Kier alpha value is -3.09. The molecule has 0 saturated carbocycles. The third kappa shape index (κ3) is 3.55. The van der Waals surface area contributed by atoms with E-state index < -0.39 is 6.03 Å². The Kier molecular flexibility index (Phi) is 4.56. The molecule has 3 amide bonds. The lowest BCUT2D eigenvalue weighted by molar-refractivity contribution is 0.0987. The number of hydrogen-bond acceptors (Lipinski definition) is 3. The zero-order chi connectivity index (χ0) is 18.0. The molecule has 0 saturated heterocycles. The Balaban J connectivity index is 1.92. The lowest BCUT2D eigenvalue weighted by Crippen LogP contribution is -2.31. The van der Waals surface area contributed by atoms with E-state index >= 15 is 0 Å². The monoisotopic (exact) mass is 342 g/mol. The number of carbonyl (C=O) groups excluding carboxylic acids is 2. The van der Waals surface area contributed by atoms with Crippen molar-refractivity contribution in [3.8, 4) is 0 Å². The minimum Gasteiger partial charge on any atom is -0.373 e. The van der Waals surface area contributed by atoms with Crippen molar-refractivity contribution in [1.29, 1.82) is 0 Å². The second-order valence-corrected chi connectivity index (χ2v) is 5.93. The highest BCUT2D eigenvalue weighted by Crippen LogP contribution is 2.33. The Morgan fingerprint density at radius 1 is 1.08 bits per heavy atom. The molecule has 25 heavy (non-hydrogen) atoms. The highest BCUT2D eigenvalue weighted by Gasteiger charge is 2.24. The minimum atomic E-state index is -0.668. The highest BCUT2D eigenvalue weighted by molar-refractivity contribution is 6.08. The van der Waals surface area contributed by atoms with Crippen LogP contribution in [-0.4, -0.2) is 32.1 Å². The molecule has 0 bridgehead atoms. The average Bonchev–Trinajstić information content (AvgIpc) is 2.73. The summed E-state index contributed by atoms with van der Waals surface area (Å²) in [4.78, 5) is 27.4. The van der Waals surface area contributed by atoms with Gasteiger partial charge in [-0.2, -0.15) is 0 Å². The van der Waals surface area contributed by atoms with Crippen LogP contribution in [0.2, 0.25) is 0 Å². The zero-order valence-corrected chi connectivity index (χ0v) is 13.8. The molecule has 1 aliphatic rings. The minimum absolute atomic E-state index is 0.215. The molecule has 0 fully saturated rings. The first-order valence-electron chi connectivity index (χ1n) is 7.95. The molecule has 0 unspecified atom stereocenters. The molecular formula is C18H19FN4O2. The van der Waals surface area contributed by atoms with Gasteiger partial charge in [0.25, 0.3) is 5.91 Å². The Morgan fingerprint density at radius 2 is 1.80 bits per heavy atom. The number of hydrogen-bond donors (Lipinski definition) is 2. The first-order chi connectivity index (χ1) is 12.0. The van der Waals surface area contributed by atoms with Crippen molar-refractivity contribution in [2.75, 3.05) is 35.3 Å². The van der Waals surface area contributed by atoms with Crippen molar-refractivity contribution >= 4 is 29.0 Å². The second-order valence-electron chi connectivity index (χ2n) is 5.93. The number of fused-ring (bicyclic) bond motifs is 1. The number of anilines is 3. The fourth-order valence-corrected chi connectivity index (χ4v) is 2.95. The summed E-state index contributed by atoms with van der Waals surface area (Å²) in [5.74, 6) is -0.597. The predicted molar refractivity (Wildman–Crippen MR) is 95.6 cm³/mol. The Bertz CT molecular complexity index is 807. The summed E-state index contributed by atoms with van der Waals surface area (Å²) >= 11 is 0. The molecule has 130 valence electrons. The summed E-state index contributed by atoms with van der Waals surface area (Å²) in [7, 11) is 1.93. The van der Waals surface area contributed by atoms with E-state index in [0.717, 1.165) is 18.7 Å². The molecule has 2 aromatic carbocycles. The van der Waals surface area contributed by atoms with Crippen LogP contribution in [0, 0.1) is 5.82 Å². The molecule has 1 aliphatic heterocycles. The summed E-state index contributed by atoms with van der Waals surface area (Å²) in [6, 6.07) is 10.2. The SMILES string of the molecule is CN1CCCN(C(=O)c2ccc(NC(N)=O)cc2)c2cc(F)ccc21. The van der Waals surface area contributed by atoms with E-state index in [1.165, 1.54) is 12.1 Å². The van der Waals surface area contributed by atoms with Gasteiger partial charge in [0.15, 0.2) is 0 Å². The van der Waals surface area contributed by atoms with Gasteiger partial charge in [-0.3, -0.25) is 4.79 Å². The van der Waals surface area contributed by atoms with E-state index in [0.29, 0.717) is 23.5 Å². The fourth-order valence-electron chi connectivity index (χ4n) is 2.95. The van der Waals surface area contributed by atoms with E-state index in [9.17, 15) is 14.0 Å². The maximum atomic E-state index is 13.8. The Morgan fingerprint density at radius 3 is 2.48 bits per heavy atom. The molecule has 2 aromatic rings. The number of urea groups is 1. The third-order valence-electron chi connectivity index (χ3n) is 4.16. The average molecular weight is 342 g/mol. The van der Waals surface area contributed by atoms with Crippen LogP contribution in [0.15, 0.2) is 42.5 Å². The van der Waals surface area contributed by atoms with Gasteiger partial charge in [0.2, 0.25) is 0 Å². The molecule has 7 heteroatoms. The van der Waals surface area contributed by atoms with Crippen LogP contribution in [-0.2, 0) is 0 Å². The molecule has 0 atom stereocenters. The van der Waals surface area contributed by atoms with Crippen molar-refractivity contribution in [2.24, 2.45) is 5.73 Å². The van der Waals surface area contributed by atoms with Crippen LogP contribution < -0.4 is 20.9 Å². The summed E-state index contributed by atoms with van der Waals surface area (Å²) in [6.45, 7) is 1.28. The first-order valence-corrected chi connectivity index (χ1v) is 7.95.